The molecule has 2 aromatic rings. The van der Waals surface area contributed by atoms with Crippen LogP contribution in [0.2, 0.25) is 0 Å². The first-order valence-electron chi connectivity index (χ1n) is 8.55. The number of methoxy groups -OCH3 is 1. The number of hydrogen-bond acceptors (Lipinski definition) is 3. The molecule has 4 nitrogen and oxygen atoms in total. The zero-order valence-corrected chi connectivity index (χ0v) is 14.6. The van der Waals surface area contributed by atoms with Crippen molar-refractivity contribution >= 4 is 5.91 Å². The van der Waals surface area contributed by atoms with E-state index in [1.807, 2.05) is 17.9 Å². The average Bonchev–Trinajstić information content (AvgIpc) is 2.61. The highest BCUT2D eigenvalue weighted by Crippen LogP contribution is 2.25. The van der Waals surface area contributed by atoms with Crippen molar-refractivity contribution in [1.82, 2.24) is 9.88 Å². The minimum absolute atomic E-state index is 0.0266. The Balaban J connectivity index is 1.76. The quantitative estimate of drug-likeness (QED) is 0.857. The highest BCUT2D eigenvalue weighted by atomic mass is 19.1. The third kappa shape index (κ3) is 4.04. The number of aromatic nitrogens is 1. The lowest BCUT2D eigenvalue weighted by Crippen LogP contribution is -2.47. The fourth-order valence-corrected chi connectivity index (χ4v) is 3.55. The van der Waals surface area contributed by atoms with Crippen molar-refractivity contribution in [3.63, 3.8) is 0 Å². The Morgan fingerprint density at radius 1 is 1.40 bits per heavy atom. The number of aryl methyl sites for hydroxylation is 1. The molecule has 0 bridgehead atoms. The monoisotopic (exact) mass is 342 g/mol. The minimum atomic E-state index is -0.234. The smallest absolute Gasteiger partial charge is 0.254 e. The minimum Gasteiger partial charge on any atom is -0.381 e. The second kappa shape index (κ2) is 7.74. The zero-order chi connectivity index (χ0) is 17.8. The van der Waals surface area contributed by atoms with Gasteiger partial charge in [-0.2, -0.15) is 0 Å². The number of pyridine rings is 1. The van der Waals surface area contributed by atoms with Crippen LogP contribution in [-0.4, -0.2) is 42.1 Å². The second-order valence-electron chi connectivity index (χ2n) is 6.60. The number of benzene rings is 1. The van der Waals surface area contributed by atoms with Crippen molar-refractivity contribution < 1.29 is 13.9 Å². The Kier molecular flexibility index (Phi) is 5.43. The summed E-state index contributed by atoms with van der Waals surface area (Å²) in [6, 6.07) is 8.41. The maximum Gasteiger partial charge on any atom is 0.254 e. The Labute approximate surface area is 147 Å². The van der Waals surface area contributed by atoms with E-state index in [1.165, 1.54) is 6.07 Å². The molecule has 0 N–H and O–H groups in total. The van der Waals surface area contributed by atoms with Crippen LogP contribution in [-0.2, 0) is 11.2 Å². The number of ether oxygens (including phenoxy) is 1. The van der Waals surface area contributed by atoms with E-state index in [0.29, 0.717) is 25.1 Å². The van der Waals surface area contributed by atoms with Gasteiger partial charge in [-0.3, -0.25) is 9.78 Å². The summed E-state index contributed by atoms with van der Waals surface area (Å²) >= 11 is 0. The maximum atomic E-state index is 13.5. The lowest BCUT2D eigenvalue weighted by molar-refractivity contribution is -0.00303. The number of carbonyl (C=O) groups is 1. The van der Waals surface area contributed by atoms with Crippen LogP contribution in [0.4, 0.5) is 4.39 Å². The van der Waals surface area contributed by atoms with E-state index in [4.69, 9.17) is 4.74 Å². The van der Waals surface area contributed by atoms with Gasteiger partial charge >= 0.3 is 0 Å². The zero-order valence-electron chi connectivity index (χ0n) is 14.6. The van der Waals surface area contributed by atoms with Gasteiger partial charge < -0.3 is 9.64 Å². The van der Waals surface area contributed by atoms with Gasteiger partial charge in [0.2, 0.25) is 0 Å². The number of piperidine rings is 1. The van der Waals surface area contributed by atoms with Gasteiger partial charge in [-0.25, -0.2) is 4.39 Å². The molecule has 25 heavy (non-hydrogen) atoms. The lowest BCUT2D eigenvalue weighted by atomic mass is 9.88. The largest absolute Gasteiger partial charge is 0.381 e. The standard InChI is InChI=1S/C20H23FN2O2/c1-14-12-22-8-6-18(14)20(24)23-9-7-19(25-2)16(13-23)10-15-4-3-5-17(21)11-15/h3-6,8,11-12,16,19H,7,9-10,13H2,1-2H3/t16-,19+/m1/s1. The molecule has 132 valence electrons. The fourth-order valence-electron chi connectivity index (χ4n) is 3.55. The molecule has 1 aromatic carbocycles. The normalized spacial score (nSPS) is 20.5. The molecule has 1 aromatic heterocycles. The van der Waals surface area contributed by atoms with Gasteiger partial charge in [0, 0.05) is 44.1 Å². The van der Waals surface area contributed by atoms with Crippen molar-refractivity contribution in [3.8, 4) is 0 Å². The molecule has 1 aliphatic heterocycles. The summed E-state index contributed by atoms with van der Waals surface area (Å²) in [5.41, 5.74) is 2.50. The molecule has 0 saturated carbocycles. The molecular formula is C20H23FN2O2. The van der Waals surface area contributed by atoms with Crippen molar-refractivity contribution in [1.29, 1.82) is 0 Å². The summed E-state index contributed by atoms with van der Waals surface area (Å²) in [5.74, 6) is -0.0621. The Morgan fingerprint density at radius 2 is 2.24 bits per heavy atom. The molecule has 3 rings (SSSR count). The van der Waals surface area contributed by atoms with Crippen molar-refractivity contribution in [3.05, 3.63) is 65.2 Å². The van der Waals surface area contributed by atoms with Gasteiger partial charge in [-0.05, 0) is 49.1 Å². The summed E-state index contributed by atoms with van der Waals surface area (Å²) in [6.07, 6.45) is 4.90. The van der Waals surface area contributed by atoms with Gasteiger partial charge in [-0.1, -0.05) is 12.1 Å². The van der Waals surface area contributed by atoms with Crippen molar-refractivity contribution in [2.75, 3.05) is 20.2 Å². The van der Waals surface area contributed by atoms with E-state index in [1.54, 1.807) is 37.7 Å². The molecular weight excluding hydrogens is 319 g/mol. The number of amides is 1. The van der Waals surface area contributed by atoms with Gasteiger partial charge in [0.15, 0.2) is 0 Å². The lowest BCUT2D eigenvalue weighted by Gasteiger charge is -2.38. The van der Waals surface area contributed by atoms with Crippen LogP contribution in [0, 0.1) is 18.7 Å². The molecule has 1 amide bonds. The first kappa shape index (κ1) is 17.5. The molecule has 1 aliphatic rings. The molecule has 0 spiro atoms. The van der Waals surface area contributed by atoms with E-state index in [9.17, 15) is 9.18 Å². The van der Waals surface area contributed by atoms with Gasteiger partial charge in [0.25, 0.3) is 5.91 Å². The second-order valence-corrected chi connectivity index (χ2v) is 6.60. The summed E-state index contributed by atoms with van der Waals surface area (Å²) in [6.45, 7) is 3.17. The number of hydrogen-bond donors (Lipinski definition) is 0. The highest BCUT2D eigenvalue weighted by molar-refractivity contribution is 5.95. The van der Waals surface area contributed by atoms with E-state index in [2.05, 4.69) is 4.98 Å². The van der Waals surface area contributed by atoms with Crippen LogP contribution in [0.3, 0.4) is 0 Å². The van der Waals surface area contributed by atoms with E-state index < -0.39 is 0 Å². The van der Waals surface area contributed by atoms with E-state index in [0.717, 1.165) is 17.5 Å². The topological polar surface area (TPSA) is 42.4 Å². The first-order chi connectivity index (χ1) is 12.1. The highest BCUT2D eigenvalue weighted by Gasteiger charge is 2.32. The van der Waals surface area contributed by atoms with Gasteiger partial charge in [0.05, 0.1) is 6.10 Å². The van der Waals surface area contributed by atoms with Crippen LogP contribution in [0.1, 0.15) is 27.9 Å². The van der Waals surface area contributed by atoms with Crippen LogP contribution in [0.25, 0.3) is 0 Å². The molecule has 0 unspecified atom stereocenters. The number of nitrogens with zero attached hydrogens (tertiary/aromatic N) is 2. The first-order valence-corrected chi connectivity index (χ1v) is 8.55. The third-order valence-corrected chi connectivity index (χ3v) is 4.89. The maximum absolute atomic E-state index is 13.5. The molecule has 5 heteroatoms. The van der Waals surface area contributed by atoms with E-state index in [-0.39, 0.29) is 23.7 Å². The predicted molar refractivity (Wildman–Crippen MR) is 93.9 cm³/mol. The Morgan fingerprint density at radius 3 is 2.96 bits per heavy atom. The number of halogens is 1. The molecule has 1 saturated heterocycles. The number of rotatable bonds is 4. The SMILES string of the molecule is CO[C@H]1CCN(C(=O)c2ccncc2C)C[C@H]1Cc1cccc(F)c1. The molecule has 0 radical (unpaired) electrons. The Hall–Kier alpha value is -2.27. The van der Waals surface area contributed by atoms with Crippen LogP contribution in [0.15, 0.2) is 42.7 Å². The average molecular weight is 342 g/mol. The summed E-state index contributed by atoms with van der Waals surface area (Å²) in [4.78, 5) is 18.8. The number of likely N-dealkylation sites (tertiary alicyclic amines) is 1. The van der Waals surface area contributed by atoms with Crippen molar-refractivity contribution in [2.45, 2.75) is 25.9 Å². The van der Waals surface area contributed by atoms with Gasteiger partial charge in [0.1, 0.15) is 5.82 Å². The molecule has 2 heterocycles. The van der Waals surface area contributed by atoms with Crippen LogP contribution >= 0.6 is 0 Å². The van der Waals surface area contributed by atoms with E-state index >= 15 is 0 Å². The third-order valence-electron chi connectivity index (χ3n) is 4.89. The van der Waals surface area contributed by atoms with Crippen LogP contribution in [0.5, 0.6) is 0 Å². The number of carbonyl (C=O) groups excluding carboxylic acids is 1. The summed E-state index contributed by atoms with van der Waals surface area (Å²) in [7, 11) is 1.70. The van der Waals surface area contributed by atoms with Gasteiger partial charge in [-0.15, -0.1) is 0 Å². The molecule has 1 fully saturated rings. The Bertz CT molecular complexity index is 750. The molecule has 2 atom stereocenters. The van der Waals surface area contributed by atoms with Crippen molar-refractivity contribution in [2.24, 2.45) is 5.92 Å². The van der Waals surface area contributed by atoms with Crippen LogP contribution < -0.4 is 0 Å². The summed E-state index contributed by atoms with van der Waals surface area (Å²) in [5, 5.41) is 0. The summed E-state index contributed by atoms with van der Waals surface area (Å²) < 4.78 is 19.1. The fraction of sp³-hybridized carbons (Fsp3) is 0.400. The predicted octanol–water partition coefficient (Wildman–Crippen LogP) is 3.25. The molecule has 0 aliphatic carbocycles.